The van der Waals surface area contributed by atoms with E-state index in [0.29, 0.717) is 19.6 Å². The van der Waals surface area contributed by atoms with Gasteiger partial charge < -0.3 is 14.2 Å². The zero-order chi connectivity index (χ0) is 64.8. The number of hydrogen-bond acceptors (Lipinski definition) is 8. The van der Waals surface area contributed by atoms with Gasteiger partial charge in [-0.25, -0.2) is 79.0 Å². The van der Waals surface area contributed by atoms with Crippen LogP contribution in [0.25, 0.3) is 0 Å². The van der Waals surface area contributed by atoms with E-state index < -0.39 is 135 Å². The summed E-state index contributed by atoms with van der Waals surface area (Å²) in [5, 5.41) is 0. The number of ether oxygens (including phenoxy) is 3. The SMILES string of the molecule is C.C=C(F)C(F)(F)F.C=C(F)F.CCCF.CCOC(=S)SF.CCOC(=S)SF.COC(=O)C(C)CCF.FC=C(F)F.FCC(F)C(F)(CF)C(F)(F)F.FCC(F)F.FCC(F)F.FCCF.FCCF.FCCF. The molecule has 0 fully saturated rings. The van der Waals surface area contributed by atoms with Crippen LogP contribution in [0.1, 0.15) is 48.0 Å². The molecule has 0 aromatic heterocycles. The maximum Gasteiger partial charge on any atom is 0.442 e. The second kappa shape index (κ2) is 87.8. The molecule has 0 aromatic rings. The molecule has 0 aromatic carbocycles. The zero-order valence-electron chi connectivity index (χ0n) is 40.5. The molecule has 0 radical (unpaired) electrons. The lowest BCUT2D eigenvalue weighted by Gasteiger charge is -2.26. The number of alkyl halides is 24. The summed E-state index contributed by atoms with van der Waals surface area (Å²) in [6, 6.07) is 0. The first kappa shape index (κ1) is 110. The van der Waals surface area contributed by atoms with Gasteiger partial charge in [0.1, 0.15) is 77.7 Å². The van der Waals surface area contributed by atoms with Crippen molar-refractivity contribution in [3.8, 4) is 0 Å². The monoisotopic (exact) mass is 1320 g/mol. The fourth-order valence-electron chi connectivity index (χ4n) is 1.22. The van der Waals surface area contributed by atoms with E-state index in [1.807, 2.05) is 6.58 Å². The molecular formula is C38H60F32O4S4. The average molecular weight is 1320 g/mol. The van der Waals surface area contributed by atoms with Crippen molar-refractivity contribution in [2.45, 2.75) is 85.0 Å². The Morgan fingerprint density at radius 2 is 0.833 bits per heavy atom. The Balaban J connectivity index is -0.0000000482. The van der Waals surface area contributed by atoms with Crippen molar-refractivity contribution in [1.29, 1.82) is 0 Å². The summed E-state index contributed by atoms with van der Waals surface area (Å²) in [4.78, 5) is 10.5. The predicted molar refractivity (Wildman–Crippen MR) is 246 cm³/mol. The molecule has 78 heavy (non-hydrogen) atoms. The van der Waals surface area contributed by atoms with Gasteiger partial charge in [0.2, 0.25) is 0 Å². The molecule has 0 bridgehead atoms. The fraction of sp³-hybridized carbons (Fsp3) is 0.763. The number of esters is 1. The highest BCUT2D eigenvalue weighted by atomic mass is 32.2. The van der Waals surface area contributed by atoms with Crippen molar-refractivity contribution < 1.29 is 158 Å². The minimum absolute atomic E-state index is 0. The van der Waals surface area contributed by atoms with Gasteiger partial charge in [0, 0.05) is 0 Å². The first-order valence-electron chi connectivity index (χ1n) is 19.0. The van der Waals surface area contributed by atoms with Crippen molar-refractivity contribution in [1.82, 2.24) is 0 Å². The molecule has 0 rings (SSSR count). The van der Waals surface area contributed by atoms with Gasteiger partial charge in [0.25, 0.3) is 39.4 Å². The van der Waals surface area contributed by atoms with Gasteiger partial charge in [-0.1, -0.05) is 27.9 Å². The normalized spacial score (nSPS) is 10.7. The van der Waals surface area contributed by atoms with E-state index >= 15 is 0 Å². The third-order valence-electron chi connectivity index (χ3n) is 4.12. The van der Waals surface area contributed by atoms with Crippen molar-refractivity contribution in [3.05, 3.63) is 37.5 Å². The molecule has 0 aliphatic heterocycles. The van der Waals surface area contributed by atoms with E-state index in [-0.39, 0.29) is 65.5 Å². The Labute approximate surface area is 450 Å². The molecule has 0 aliphatic carbocycles. The molecular weight excluding hydrogens is 1260 g/mol. The van der Waals surface area contributed by atoms with Crippen LogP contribution in [0.5, 0.6) is 0 Å². The second-order valence-electron chi connectivity index (χ2n) is 10.1. The second-order valence-corrected chi connectivity index (χ2v) is 12.4. The molecule has 0 saturated carbocycles. The van der Waals surface area contributed by atoms with Crippen LogP contribution in [0, 0.1) is 5.92 Å². The summed E-state index contributed by atoms with van der Waals surface area (Å²) in [5.41, 5.74) is -4.72. The highest BCUT2D eigenvalue weighted by molar-refractivity contribution is 8.19. The van der Waals surface area contributed by atoms with Crippen molar-refractivity contribution in [2.75, 3.05) is 100 Å². The maximum atomic E-state index is 12.3. The Morgan fingerprint density at radius 3 is 0.897 bits per heavy atom. The van der Waals surface area contributed by atoms with Crippen LogP contribution in [0.3, 0.4) is 0 Å². The predicted octanol–water partition coefficient (Wildman–Crippen LogP) is 19.9. The van der Waals surface area contributed by atoms with Gasteiger partial charge in [-0.15, -0.1) is 0 Å². The molecule has 3 unspecified atom stereocenters. The number of rotatable bonds is 14. The molecule has 0 amide bonds. The van der Waals surface area contributed by atoms with Gasteiger partial charge >= 0.3 is 18.3 Å². The van der Waals surface area contributed by atoms with Crippen LogP contribution in [-0.2, 0) is 19.0 Å². The Bertz CT molecular complexity index is 1160. The van der Waals surface area contributed by atoms with E-state index in [4.69, 9.17) is 0 Å². The molecule has 0 spiro atoms. The third kappa shape index (κ3) is 140. The number of hydrogen-bond donors (Lipinski definition) is 0. The summed E-state index contributed by atoms with van der Waals surface area (Å²) < 4.78 is 358. The number of carbonyl (C=O) groups is 1. The van der Waals surface area contributed by atoms with Crippen LogP contribution in [0.15, 0.2) is 37.5 Å². The van der Waals surface area contributed by atoms with E-state index in [2.05, 4.69) is 45.2 Å². The van der Waals surface area contributed by atoms with Crippen LogP contribution < -0.4 is 0 Å². The van der Waals surface area contributed by atoms with Gasteiger partial charge in [-0.2, -0.15) is 51.7 Å². The maximum absolute atomic E-state index is 12.3. The third-order valence-corrected chi connectivity index (χ3v) is 5.22. The van der Waals surface area contributed by atoms with E-state index in [0.717, 1.165) is 0 Å². The van der Waals surface area contributed by atoms with E-state index in [1.54, 1.807) is 27.7 Å². The van der Waals surface area contributed by atoms with E-state index in [1.165, 1.54) is 7.11 Å². The highest BCUT2D eigenvalue weighted by Gasteiger charge is 2.62. The first-order valence-corrected chi connectivity index (χ1v) is 21.2. The van der Waals surface area contributed by atoms with Gasteiger partial charge in [-0.05, 0) is 57.7 Å². The molecule has 0 saturated heterocycles. The molecule has 0 N–H and O–H groups in total. The zero-order valence-corrected chi connectivity index (χ0v) is 43.7. The molecule has 0 heterocycles. The lowest BCUT2D eigenvalue weighted by Crippen LogP contribution is -2.51. The number of carbonyl (C=O) groups excluding carboxylic acids is 1. The fourth-order valence-corrected chi connectivity index (χ4v) is 1.78. The minimum atomic E-state index is -5.73. The summed E-state index contributed by atoms with van der Waals surface area (Å²) in [6.45, 7) is -1.52. The van der Waals surface area contributed by atoms with Gasteiger partial charge in [0.15, 0.2) is 31.7 Å². The molecule has 484 valence electrons. The number of thiocarbonyl (C=S) groups is 2. The summed E-state index contributed by atoms with van der Waals surface area (Å²) in [5.74, 6) is -2.90. The highest BCUT2D eigenvalue weighted by Crippen LogP contribution is 2.38. The van der Waals surface area contributed by atoms with Crippen LogP contribution in [-0.4, -0.2) is 152 Å². The number of halogens is 32. The quantitative estimate of drug-likeness (QED) is 0.0969. The summed E-state index contributed by atoms with van der Waals surface area (Å²) >= 11 is 8.56. The van der Waals surface area contributed by atoms with Crippen molar-refractivity contribution >= 4 is 63.5 Å². The standard InChI is InChI=1S/C6H11FO2.C5H5F7.C3H2F4.2C3H5FOS2.C3H7F.2C2H3F3.C2HF3.C2H2F2.3C2H4F2.CH4/c1-5(3-4-7)6(8)9-2;6-1-3(8)4(9,2-7)5(10,11)12;1-2(4)3(5,6)7;2*1-2-5-3(6)7-4;1-2-3-4;3*3-1-2(4)5;1-2(3)4;3*3-1-2-4;/h5H,3-4H2,1-2H3;3H,1-2H2;1H2;2*2H2,1H3;2-3H2,1H3;2*2H,1H2;1H;1H2;3*1-2H2;1H4. The van der Waals surface area contributed by atoms with Gasteiger partial charge in [0.05, 0.1) is 39.6 Å². The lowest BCUT2D eigenvalue weighted by atomic mass is 10.0. The molecule has 0 aliphatic rings. The Kier molecular flexibility index (Phi) is 124. The first-order chi connectivity index (χ1) is 35.3. The summed E-state index contributed by atoms with van der Waals surface area (Å²) in [6.07, 6.45) is -23.6. The number of allylic oxidation sites excluding steroid dienone is 1. The average Bonchev–Trinajstić information content (AvgIpc) is 3.38. The van der Waals surface area contributed by atoms with E-state index in [9.17, 15) is 144 Å². The molecule has 40 heteroatoms. The van der Waals surface area contributed by atoms with Crippen LogP contribution >= 0.6 is 48.7 Å². The lowest BCUT2D eigenvalue weighted by molar-refractivity contribution is -0.255. The van der Waals surface area contributed by atoms with Crippen LogP contribution in [0.4, 0.5) is 139 Å². The van der Waals surface area contributed by atoms with Crippen LogP contribution in [0.2, 0.25) is 0 Å². The number of methoxy groups -OCH3 is 1. The summed E-state index contributed by atoms with van der Waals surface area (Å²) in [7, 11) is 1.30. The minimum Gasteiger partial charge on any atom is -0.477 e. The largest absolute Gasteiger partial charge is 0.477 e. The van der Waals surface area contributed by atoms with Crippen molar-refractivity contribution in [3.63, 3.8) is 0 Å². The smallest absolute Gasteiger partial charge is 0.442 e. The molecule has 3 atom stereocenters. The molecule has 4 nitrogen and oxygen atoms in total. The Morgan fingerprint density at radius 1 is 0.590 bits per heavy atom. The van der Waals surface area contributed by atoms with Crippen molar-refractivity contribution in [2.24, 2.45) is 5.92 Å². The Hall–Kier alpha value is -3.07. The topological polar surface area (TPSA) is 44.8 Å². The van der Waals surface area contributed by atoms with Gasteiger partial charge in [-0.3, -0.25) is 13.6 Å².